The van der Waals surface area contributed by atoms with Crippen molar-refractivity contribution in [1.29, 1.82) is 0 Å². The van der Waals surface area contributed by atoms with E-state index < -0.39 is 15.9 Å². The predicted octanol–water partition coefficient (Wildman–Crippen LogP) is 1.27. The van der Waals surface area contributed by atoms with Gasteiger partial charge in [-0.05, 0) is 30.5 Å². The summed E-state index contributed by atoms with van der Waals surface area (Å²) < 4.78 is 27.2. The standard InChI is InChI=1S/C20H23N3O4S/c24-19(22-17-11-12-17)13-21-20(25)15-23(14-16-7-3-1-4-8-16)28(26,27)18-9-5-2-6-10-18/h1-10,17H,11-15H2,(H,21,25)(H,22,24). The Hall–Kier alpha value is -2.71. The van der Waals surface area contributed by atoms with Crippen molar-refractivity contribution < 1.29 is 18.0 Å². The zero-order chi connectivity index (χ0) is 20.0. The summed E-state index contributed by atoms with van der Waals surface area (Å²) in [7, 11) is -3.87. The highest BCUT2D eigenvalue weighted by molar-refractivity contribution is 7.89. The number of sulfonamides is 1. The number of amides is 2. The Balaban J connectivity index is 1.70. The van der Waals surface area contributed by atoms with Crippen molar-refractivity contribution >= 4 is 21.8 Å². The third-order valence-electron chi connectivity index (χ3n) is 4.29. The van der Waals surface area contributed by atoms with Crippen LogP contribution < -0.4 is 10.6 Å². The molecule has 3 rings (SSSR count). The zero-order valence-electron chi connectivity index (χ0n) is 15.4. The molecule has 0 spiro atoms. The normalized spacial score (nSPS) is 13.9. The van der Waals surface area contributed by atoms with Crippen LogP contribution in [0.15, 0.2) is 65.6 Å². The van der Waals surface area contributed by atoms with Gasteiger partial charge in [0, 0.05) is 12.6 Å². The Morgan fingerprint density at radius 1 is 0.929 bits per heavy atom. The van der Waals surface area contributed by atoms with Crippen LogP contribution >= 0.6 is 0 Å². The Kier molecular flexibility index (Phi) is 6.43. The van der Waals surface area contributed by atoms with Crippen LogP contribution in [0.2, 0.25) is 0 Å². The number of hydrogen-bond donors (Lipinski definition) is 2. The first-order chi connectivity index (χ1) is 13.4. The minimum atomic E-state index is -3.87. The summed E-state index contributed by atoms with van der Waals surface area (Å²) in [6.07, 6.45) is 1.92. The molecular formula is C20H23N3O4S. The largest absolute Gasteiger partial charge is 0.352 e. The van der Waals surface area contributed by atoms with Gasteiger partial charge in [0.05, 0.1) is 18.0 Å². The zero-order valence-corrected chi connectivity index (χ0v) is 16.2. The molecule has 0 heterocycles. The lowest BCUT2D eigenvalue weighted by Crippen LogP contribution is -2.44. The van der Waals surface area contributed by atoms with E-state index in [0.29, 0.717) is 0 Å². The van der Waals surface area contributed by atoms with E-state index >= 15 is 0 Å². The number of nitrogens with zero attached hydrogens (tertiary/aromatic N) is 1. The highest BCUT2D eigenvalue weighted by Gasteiger charge is 2.27. The number of hydrogen-bond acceptors (Lipinski definition) is 4. The van der Waals surface area contributed by atoms with Crippen LogP contribution in [0.5, 0.6) is 0 Å². The summed E-state index contributed by atoms with van der Waals surface area (Å²) in [6, 6.07) is 17.3. The van der Waals surface area contributed by atoms with Gasteiger partial charge in [-0.3, -0.25) is 9.59 Å². The summed E-state index contributed by atoms with van der Waals surface area (Å²) in [5.74, 6) is -0.794. The number of rotatable bonds is 9. The third-order valence-corrected chi connectivity index (χ3v) is 6.10. The van der Waals surface area contributed by atoms with Gasteiger partial charge in [-0.25, -0.2) is 8.42 Å². The average molecular weight is 401 g/mol. The van der Waals surface area contributed by atoms with Gasteiger partial charge in [0.25, 0.3) is 0 Å². The molecule has 1 fully saturated rings. The molecule has 1 aliphatic carbocycles. The minimum absolute atomic E-state index is 0.0553. The molecule has 2 amide bonds. The molecule has 28 heavy (non-hydrogen) atoms. The molecule has 0 radical (unpaired) electrons. The number of carbonyl (C=O) groups is 2. The van der Waals surface area contributed by atoms with Gasteiger partial charge in [0.15, 0.2) is 0 Å². The lowest BCUT2D eigenvalue weighted by molar-refractivity contribution is -0.126. The van der Waals surface area contributed by atoms with E-state index in [4.69, 9.17) is 0 Å². The van der Waals surface area contributed by atoms with E-state index in [0.717, 1.165) is 22.7 Å². The van der Waals surface area contributed by atoms with Crippen LogP contribution in [0.3, 0.4) is 0 Å². The summed E-state index contributed by atoms with van der Waals surface area (Å²) in [5, 5.41) is 5.27. The van der Waals surface area contributed by atoms with E-state index in [-0.39, 0.29) is 36.5 Å². The van der Waals surface area contributed by atoms with Crippen LogP contribution in [0.1, 0.15) is 18.4 Å². The predicted molar refractivity (Wildman–Crippen MR) is 105 cm³/mol. The van der Waals surface area contributed by atoms with Crippen LogP contribution in [0, 0.1) is 0 Å². The molecule has 7 nitrogen and oxygen atoms in total. The summed E-state index contributed by atoms with van der Waals surface area (Å²) in [6.45, 7) is -0.484. The van der Waals surface area contributed by atoms with E-state index in [2.05, 4.69) is 10.6 Å². The molecule has 2 aromatic rings. The second-order valence-corrected chi connectivity index (χ2v) is 8.63. The Morgan fingerprint density at radius 2 is 1.54 bits per heavy atom. The lowest BCUT2D eigenvalue weighted by atomic mass is 10.2. The second kappa shape index (κ2) is 8.99. The SMILES string of the molecule is O=C(CN(Cc1ccccc1)S(=O)(=O)c1ccccc1)NCC(=O)NC1CC1. The average Bonchev–Trinajstić information content (AvgIpc) is 3.51. The minimum Gasteiger partial charge on any atom is -0.352 e. The lowest BCUT2D eigenvalue weighted by Gasteiger charge is -2.22. The topological polar surface area (TPSA) is 95.6 Å². The van der Waals surface area contributed by atoms with Crippen molar-refractivity contribution in [2.24, 2.45) is 0 Å². The molecule has 0 aliphatic heterocycles. The maximum atomic E-state index is 13.0. The van der Waals surface area contributed by atoms with E-state index in [9.17, 15) is 18.0 Å². The Morgan fingerprint density at radius 3 is 2.14 bits per heavy atom. The first kappa shape index (κ1) is 20.0. The third kappa shape index (κ3) is 5.64. The van der Waals surface area contributed by atoms with Gasteiger partial charge < -0.3 is 10.6 Å². The van der Waals surface area contributed by atoms with Gasteiger partial charge >= 0.3 is 0 Å². The smallest absolute Gasteiger partial charge is 0.243 e. The monoisotopic (exact) mass is 401 g/mol. The van der Waals surface area contributed by atoms with Crippen molar-refractivity contribution in [3.8, 4) is 0 Å². The second-order valence-electron chi connectivity index (χ2n) is 6.69. The molecule has 0 saturated heterocycles. The van der Waals surface area contributed by atoms with Crippen LogP contribution in [-0.2, 0) is 26.2 Å². The molecule has 2 aromatic carbocycles. The molecule has 0 atom stereocenters. The van der Waals surface area contributed by atoms with Crippen LogP contribution in [0.4, 0.5) is 0 Å². The van der Waals surface area contributed by atoms with Crippen molar-refractivity contribution in [1.82, 2.24) is 14.9 Å². The quantitative estimate of drug-likeness (QED) is 0.662. The molecule has 0 unspecified atom stereocenters. The van der Waals surface area contributed by atoms with Crippen molar-refractivity contribution in [3.63, 3.8) is 0 Å². The molecule has 8 heteroatoms. The Bertz CT molecular complexity index is 913. The maximum Gasteiger partial charge on any atom is 0.243 e. The van der Waals surface area contributed by atoms with Crippen molar-refractivity contribution in [2.45, 2.75) is 30.3 Å². The summed E-state index contributed by atoms with van der Waals surface area (Å²) in [4.78, 5) is 24.2. The van der Waals surface area contributed by atoms with Gasteiger partial charge in [-0.15, -0.1) is 0 Å². The van der Waals surface area contributed by atoms with Crippen molar-refractivity contribution in [3.05, 3.63) is 66.2 Å². The highest BCUT2D eigenvalue weighted by atomic mass is 32.2. The van der Waals surface area contributed by atoms with Gasteiger partial charge in [0.2, 0.25) is 21.8 Å². The highest BCUT2D eigenvalue weighted by Crippen LogP contribution is 2.19. The first-order valence-corrected chi connectivity index (χ1v) is 10.5. The van der Waals surface area contributed by atoms with E-state index in [1.165, 1.54) is 12.1 Å². The number of benzene rings is 2. The summed E-state index contributed by atoms with van der Waals surface area (Å²) >= 11 is 0. The fraction of sp³-hybridized carbons (Fsp3) is 0.300. The fourth-order valence-electron chi connectivity index (χ4n) is 2.66. The summed E-state index contributed by atoms with van der Waals surface area (Å²) in [5.41, 5.74) is 0.765. The molecule has 0 bridgehead atoms. The molecular weight excluding hydrogens is 378 g/mol. The van der Waals surface area contributed by atoms with Gasteiger partial charge in [0.1, 0.15) is 0 Å². The van der Waals surface area contributed by atoms with Gasteiger partial charge in [-0.1, -0.05) is 48.5 Å². The molecule has 2 N–H and O–H groups in total. The molecule has 0 aromatic heterocycles. The first-order valence-electron chi connectivity index (χ1n) is 9.10. The number of nitrogens with one attached hydrogen (secondary N) is 2. The molecule has 148 valence electrons. The number of carbonyl (C=O) groups excluding carboxylic acids is 2. The van der Waals surface area contributed by atoms with E-state index in [1.54, 1.807) is 30.3 Å². The van der Waals surface area contributed by atoms with Crippen LogP contribution in [0.25, 0.3) is 0 Å². The molecule has 1 aliphatic rings. The van der Waals surface area contributed by atoms with Gasteiger partial charge in [-0.2, -0.15) is 4.31 Å². The molecule has 1 saturated carbocycles. The maximum absolute atomic E-state index is 13.0. The van der Waals surface area contributed by atoms with Crippen molar-refractivity contribution in [2.75, 3.05) is 13.1 Å². The Labute approximate surface area is 164 Å². The van der Waals surface area contributed by atoms with E-state index in [1.807, 2.05) is 18.2 Å². The fourth-order valence-corrected chi connectivity index (χ4v) is 4.06. The van der Waals surface area contributed by atoms with Crippen LogP contribution in [-0.4, -0.2) is 43.7 Å².